The Hall–Kier alpha value is -0.900. The number of hydrogen-bond acceptors (Lipinski definition) is 3. The van der Waals surface area contributed by atoms with Crippen molar-refractivity contribution in [2.24, 2.45) is 0 Å². The summed E-state index contributed by atoms with van der Waals surface area (Å²) in [6.45, 7) is 0. The van der Waals surface area contributed by atoms with Crippen LogP contribution in [0.3, 0.4) is 0 Å². The second kappa shape index (κ2) is 4.09. The van der Waals surface area contributed by atoms with Crippen molar-refractivity contribution in [1.29, 1.82) is 0 Å². The molecule has 0 radical (unpaired) electrons. The fourth-order valence-electron chi connectivity index (χ4n) is 1.75. The van der Waals surface area contributed by atoms with E-state index in [2.05, 4.69) is 4.98 Å². The lowest BCUT2D eigenvalue weighted by molar-refractivity contribution is 0.617. The Bertz CT molecular complexity index is 369. The number of hydrogen-bond donors (Lipinski definition) is 2. The number of aromatic amines is 1. The molecule has 3 nitrogen and oxygen atoms in total. The summed E-state index contributed by atoms with van der Waals surface area (Å²) in [5, 5.41) is 0. The first-order valence-corrected chi connectivity index (χ1v) is 5.99. The second-order valence-corrected chi connectivity index (χ2v) is 4.81. The highest BCUT2D eigenvalue weighted by Crippen LogP contribution is 2.29. The number of nitrogens with one attached hydrogen (secondary N) is 1. The van der Waals surface area contributed by atoms with Crippen LogP contribution in [0.2, 0.25) is 0 Å². The number of anilines is 1. The third-order valence-corrected chi connectivity index (χ3v) is 3.67. The summed E-state index contributed by atoms with van der Waals surface area (Å²) in [6, 6.07) is 3.65. The van der Waals surface area contributed by atoms with E-state index in [4.69, 9.17) is 5.73 Å². The van der Waals surface area contributed by atoms with Crippen LogP contribution in [-0.2, 0) is 0 Å². The van der Waals surface area contributed by atoms with E-state index in [-0.39, 0.29) is 5.56 Å². The van der Waals surface area contributed by atoms with Crippen molar-refractivity contribution in [3.63, 3.8) is 0 Å². The lowest BCUT2D eigenvalue weighted by Crippen LogP contribution is -2.17. The van der Waals surface area contributed by atoms with Crippen molar-refractivity contribution in [2.45, 2.75) is 18.8 Å². The molecule has 0 aromatic carbocycles. The van der Waals surface area contributed by atoms with E-state index in [0.29, 0.717) is 11.6 Å². The molecule has 3 N–H and O–H groups in total. The van der Waals surface area contributed by atoms with E-state index in [0.717, 1.165) is 18.5 Å². The molecular formula is C10H14N2OS. The molecule has 2 rings (SSSR count). The average molecular weight is 210 g/mol. The van der Waals surface area contributed by atoms with E-state index in [1.165, 1.54) is 11.5 Å². The van der Waals surface area contributed by atoms with Crippen molar-refractivity contribution >= 4 is 17.4 Å². The van der Waals surface area contributed by atoms with E-state index in [9.17, 15) is 4.79 Å². The van der Waals surface area contributed by atoms with Crippen LogP contribution in [-0.4, -0.2) is 16.5 Å². The predicted octanol–water partition coefficient (Wildman–Crippen LogP) is 1.57. The van der Waals surface area contributed by atoms with Crippen molar-refractivity contribution in [2.75, 3.05) is 17.2 Å². The van der Waals surface area contributed by atoms with Gasteiger partial charge in [-0.2, -0.15) is 11.8 Å². The maximum atomic E-state index is 11.3. The predicted molar refractivity (Wildman–Crippen MR) is 60.8 cm³/mol. The summed E-state index contributed by atoms with van der Waals surface area (Å²) in [7, 11) is 0. The molecule has 0 amide bonds. The van der Waals surface area contributed by atoms with Crippen LogP contribution < -0.4 is 11.3 Å². The standard InChI is InChI=1S/C10H14N2OS/c11-8-1-2-9(12-10(8)13)7-3-5-14-6-4-7/h1-2,7H,3-6,11H2,(H,12,13). The Balaban J connectivity index is 2.23. The van der Waals surface area contributed by atoms with Gasteiger partial charge in [0, 0.05) is 11.6 Å². The number of nitrogen functional groups attached to an aromatic ring is 1. The Labute approximate surface area is 87.1 Å². The quantitative estimate of drug-likeness (QED) is 0.739. The highest BCUT2D eigenvalue weighted by atomic mass is 32.2. The smallest absolute Gasteiger partial charge is 0.271 e. The fourth-order valence-corrected chi connectivity index (χ4v) is 2.85. The maximum Gasteiger partial charge on any atom is 0.271 e. The van der Waals surface area contributed by atoms with Gasteiger partial charge in [-0.15, -0.1) is 0 Å². The summed E-state index contributed by atoms with van der Waals surface area (Å²) in [6.07, 6.45) is 2.31. The third kappa shape index (κ3) is 1.95. The van der Waals surface area contributed by atoms with E-state index < -0.39 is 0 Å². The van der Waals surface area contributed by atoms with Gasteiger partial charge >= 0.3 is 0 Å². The van der Waals surface area contributed by atoms with Gasteiger partial charge in [-0.1, -0.05) is 0 Å². The van der Waals surface area contributed by atoms with Gasteiger partial charge in [0.25, 0.3) is 5.56 Å². The Morgan fingerprint density at radius 3 is 2.71 bits per heavy atom. The van der Waals surface area contributed by atoms with Crippen LogP contribution >= 0.6 is 11.8 Å². The third-order valence-electron chi connectivity index (χ3n) is 2.62. The minimum absolute atomic E-state index is 0.152. The van der Waals surface area contributed by atoms with Gasteiger partial charge in [0.1, 0.15) is 0 Å². The van der Waals surface area contributed by atoms with Crippen LogP contribution in [0.1, 0.15) is 24.5 Å². The molecule has 1 aromatic heterocycles. The Morgan fingerprint density at radius 1 is 1.36 bits per heavy atom. The second-order valence-electron chi connectivity index (χ2n) is 3.58. The van der Waals surface area contributed by atoms with E-state index in [1.54, 1.807) is 6.07 Å². The topological polar surface area (TPSA) is 58.9 Å². The molecule has 1 aliphatic heterocycles. The largest absolute Gasteiger partial charge is 0.394 e. The monoisotopic (exact) mass is 210 g/mol. The zero-order valence-electron chi connectivity index (χ0n) is 7.95. The van der Waals surface area contributed by atoms with Gasteiger partial charge < -0.3 is 10.7 Å². The van der Waals surface area contributed by atoms with E-state index >= 15 is 0 Å². The molecule has 2 heterocycles. The number of pyridine rings is 1. The van der Waals surface area contributed by atoms with Crippen LogP contribution in [0, 0.1) is 0 Å². The highest BCUT2D eigenvalue weighted by Gasteiger charge is 2.16. The normalized spacial score (nSPS) is 18.3. The zero-order chi connectivity index (χ0) is 9.97. The number of thioether (sulfide) groups is 1. The summed E-state index contributed by atoms with van der Waals surface area (Å²) < 4.78 is 0. The first kappa shape index (κ1) is 9.65. The molecule has 1 aromatic rings. The lowest BCUT2D eigenvalue weighted by Gasteiger charge is -2.21. The number of rotatable bonds is 1. The summed E-state index contributed by atoms with van der Waals surface area (Å²) in [5.41, 5.74) is 6.67. The van der Waals surface area contributed by atoms with Gasteiger partial charge in [-0.25, -0.2) is 0 Å². The fraction of sp³-hybridized carbons (Fsp3) is 0.500. The molecular weight excluding hydrogens is 196 g/mol. The van der Waals surface area contributed by atoms with Gasteiger partial charge in [0.15, 0.2) is 0 Å². The molecule has 0 saturated carbocycles. The minimum atomic E-state index is -0.152. The van der Waals surface area contributed by atoms with Gasteiger partial charge in [0.2, 0.25) is 0 Å². The Morgan fingerprint density at radius 2 is 2.07 bits per heavy atom. The van der Waals surface area contributed by atoms with Crippen molar-refractivity contribution < 1.29 is 0 Å². The lowest BCUT2D eigenvalue weighted by atomic mass is 9.98. The number of nitrogens with two attached hydrogens (primary N) is 1. The molecule has 1 saturated heterocycles. The van der Waals surface area contributed by atoms with Crippen molar-refractivity contribution in [1.82, 2.24) is 4.98 Å². The molecule has 4 heteroatoms. The number of aromatic nitrogens is 1. The molecule has 0 bridgehead atoms. The SMILES string of the molecule is Nc1ccc(C2CCSCC2)[nH]c1=O. The van der Waals surface area contributed by atoms with Crippen LogP contribution in [0.15, 0.2) is 16.9 Å². The van der Waals surface area contributed by atoms with Gasteiger partial charge in [-0.3, -0.25) is 4.79 Å². The number of H-pyrrole nitrogens is 1. The maximum absolute atomic E-state index is 11.3. The summed E-state index contributed by atoms with van der Waals surface area (Å²) >= 11 is 1.98. The zero-order valence-corrected chi connectivity index (χ0v) is 8.77. The van der Waals surface area contributed by atoms with Crippen molar-refractivity contribution in [3.05, 3.63) is 28.2 Å². The molecule has 0 spiro atoms. The van der Waals surface area contributed by atoms with Crippen LogP contribution in [0.25, 0.3) is 0 Å². The Kier molecular flexibility index (Phi) is 2.82. The first-order valence-electron chi connectivity index (χ1n) is 4.84. The van der Waals surface area contributed by atoms with Gasteiger partial charge in [0.05, 0.1) is 5.69 Å². The minimum Gasteiger partial charge on any atom is -0.394 e. The first-order chi connectivity index (χ1) is 6.77. The molecule has 0 aliphatic carbocycles. The molecule has 1 aliphatic rings. The van der Waals surface area contributed by atoms with Crippen LogP contribution in [0.4, 0.5) is 5.69 Å². The van der Waals surface area contributed by atoms with E-state index in [1.807, 2.05) is 17.8 Å². The summed E-state index contributed by atoms with van der Waals surface area (Å²) in [4.78, 5) is 14.2. The molecule has 76 valence electrons. The van der Waals surface area contributed by atoms with Crippen LogP contribution in [0.5, 0.6) is 0 Å². The summed E-state index contributed by atoms with van der Waals surface area (Å²) in [5.74, 6) is 2.90. The average Bonchev–Trinajstić information content (AvgIpc) is 2.23. The van der Waals surface area contributed by atoms with Gasteiger partial charge in [-0.05, 0) is 36.5 Å². The van der Waals surface area contributed by atoms with Crippen molar-refractivity contribution in [3.8, 4) is 0 Å². The molecule has 14 heavy (non-hydrogen) atoms. The molecule has 0 atom stereocenters. The molecule has 0 unspecified atom stereocenters. The highest BCUT2D eigenvalue weighted by molar-refractivity contribution is 7.99. The molecule has 1 fully saturated rings.